The van der Waals surface area contributed by atoms with Crippen LogP contribution in [-0.2, 0) is 0 Å². The maximum absolute atomic E-state index is 14.0. The predicted molar refractivity (Wildman–Crippen MR) is 76.9 cm³/mol. The molecule has 1 nitrogen and oxygen atoms in total. The predicted octanol–water partition coefficient (Wildman–Crippen LogP) is 5.00. The Kier molecular flexibility index (Phi) is 2.96. The lowest BCUT2D eigenvalue weighted by atomic mass is 10.1. The van der Waals surface area contributed by atoms with Crippen LogP contribution in [0.25, 0.3) is 22.2 Å². The lowest BCUT2D eigenvalue weighted by molar-refractivity contribution is 0.636. The third-order valence-corrected chi connectivity index (χ3v) is 3.34. The number of nitrogens with zero attached hydrogens (tertiary/aromatic N) is 1. The van der Waals surface area contributed by atoms with Gasteiger partial charge in [-0.3, -0.25) is 0 Å². The molecule has 0 fully saturated rings. The normalized spacial score (nSPS) is 10.9. The van der Waals surface area contributed by atoms with Gasteiger partial charge in [-0.25, -0.2) is 9.37 Å². The van der Waals surface area contributed by atoms with E-state index in [0.717, 1.165) is 11.1 Å². The largest absolute Gasteiger partial charge is 0.245 e. The summed E-state index contributed by atoms with van der Waals surface area (Å²) in [6, 6.07) is 14.7. The van der Waals surface area contributed by atoms with Gasteiger partial charge in [-0.05, 0) is 30.7 Å². The molecule has 2 aromatic carbocycles. The summed E-state index contributed by atoms with van der Waals surface area (Å²) in [6.07, 6.45) is 0. The zero-order valence-corrected chi connectivity index (χ0v) is 11.1. The number of aromatic nitrogens is 1. The number of fused-ring (bicyclic) bond motifs is 1. The number of aryl methyl sites for hydroxylation is 1. The Morgan fingerprint density at radius 1 is 1.05 bits per heavy atom. The molecular weight excluding hydrogens is 261 g/mol. The highest BCUT2D eigenvalue weighted by Gasteiger charge is 2.10. The van der Waals surface area contributed by atoms with Crippen LogP contribution in [0.4, 0.5) is 4.39 Å². The zero-order valence-electron chi connectivity index (χ0n) is 10.3. The van der Waals surface area contributed by atoms with Crippen LogP contribution in [0.1, 0.15) is 5.56 Å². The van der Waals surface area contributed by atoms with E-state index < -0.39 is 0 Å². The van der Waals surface area contributed by atoms with Crippen molar-refractivity contribution in [2.45, 2.75) is 6.92 Å². The van der Waals surface area contributed by atoms with E-state index in [0.29, 0.717) is 21.6 Å². The molecular formula is C16H11ClFN. The Labute approximate surface area is 115 Å². The lowest BCUT2D eigenvalue weighted by Gasteiger charge is -2.07. The molecule has 0 bridgehead atoms. The minimum absolute atomic E-state index is 0.317. The van der Waals surface area contributed by atoms with Crippen molar-refractivity contribution in [1.82, 2.24) is 4.98 Å². The maximum atomic E-state index is 14.0. The molecule has 0 spiro atoms. The van der Waals surface area contributed by atoms with Crippen LogP contribution in [0.15, 0.2) is 48.5 Å². The van der Waals surface area contributed by atoms with E-state index in [1.165, 1.54) is 6.07 Å². The van der Waals surface area contributed by atoms with Crippen LogP contribution in [-0.4, -0.2) is 4.98 Å². The van der Waals surface area contributed by atoms with Crippen molar-refractivity contribution in [2.24, 2.45) is 0 Å². The van der Waals surface area contributed by atoms with Crippen molar-refractivity contribution in [3.63, 3.8) is 0 Å². The summed E-state index contributed by atoms with van der Waals surface area (Å²) >= 11 is 6.25. The Morgan fingerprint density at radius 2 is 1.79 bits per heavy atom. The van der Waals surface area contributed by atoms with Crippen molar-refractivity contribution >= 4 is 22.5 Å². The number of rotatable bonds is 1. The summed E-state index contributed by atoms with van der Waals surface area (Å²) in [5, 5.41) is 1.17. The molecule has 3 heteroatoms. The summed E-state index contributed by atoms with van der Waals surface area (Å²) in [5.74, 6) is -0.338. The fourth-order valence-corrected chi connectivity index (χ4v) is 2.38. The lowest BCUT2D eigenvalue weighted by Crippen LogP contribution is -1.91. The van der Waals surface area contributed by atoms with Crippen molar-refractivity contribution in [3.8, 4) is 11.3 Å². The number of benzene rings is 2. The first kappa shape index (κ1) is 12.1. The maximum Gasteiger partial charge on any atom is 0.149 e. The van der Waals surface area contributed by atoms with E-state index in [4.69, 9.17) is 11.6 Å². The molecule has 3 rings (SSSR count). The molecule has 0 amide bonds. The van der Waals surface area contributed by atoms with Gasteiger partial charge >= 0.3 is 0 Å². The molecule has 0 radical (unpaired) electrons. The highest BCUT2D eigenvalue weighted by molar-refractivity contribution is 6.35. The Bertz CT molecular complexity index is 754. The molecule has 19 heavy (non-hydrogen) atoms. The third kappa shape index (κ3) is 2.20. The van der Waals surface area contributed by atoms with Gasteiger partial charge in [0.2, 0.25) is 0 Å². The topological polar surface area (TPSA) is 12.9 Å². The van der Waals surface area contributed by atoms with Crippen LogP contribution in [0, 0.1) is 12.7 Å². The van der Waals surface area contributed by atoms with E-state index in [2.05, 4.69) is 4.98 Å². The molecule has 0 saturated heterocycles. The second-order valence-electron chi connectivity index (χ2n) is 4.50. The van der Waals surface area contributed by atoms with Crippen LogP contribution >= 0.6 is 11.6 Å². The molecule has 0 saturated carbocycles. The number of hydrogen-bond acceptors (Lipinski definition) is 1. The first-order valence-electron chi connectivity index (χ1n) is 5.97. The monoisotopic (exact) mass is 271 g/mol. The van der Waals surface area contributed by atoms with Gasteiger partial charge in [-0.1, -0.05) is 41.9 Å². The standard InChI is InChI=1S/C16H11ClFN/c1-10-7-12-13(17)9-15(11-5-3-2-4-6-11)19-16(12)14(18)8-10/h2-9H,1H3. The Hall–Kier alpha value is -1.93. The number of pyridine rings is 1. The highest BCUT2D eigenvalue weighted by atomic mass is 35.5. The Morgan fingerprint density at radius 3 is 2.53 bits per heavy atom. The van der Waals surface area contributed by atoms with Crippen molar-refractivity contribution < 1.29 is 4.39 Å². The van der Waals surface area contributed by atoms with Gasteiger partial charge in [0.15, 0.2) is 0 Å². The molecule has 0 aliphatic rings. The summed E-state index contributed by atoms with van der Waals surface area (Å²) < 4.78 is 14.0. The van der Waals surface area contributed by atoms with Gasteiger partial charge in [0.05, 0.1) is 10.7 Å². The smallest absolute Gasteiger partial charge is 0.149 e. The van der Waals surface area contributed by atoms with E-state index in [-0.39, 0.29) is 5.82 Å². The quantitative estimate of drug-likeness (QED) is 0.607. The molecule has 0 aliphatic heterocycles. The first-order chi connectivity index (χ1) is 9.15. The van der Waals surface area contributed by atoms with Crippen molar-refractivity contribution in [1.29, 1.82) is 0 Å². The molecule has 1 aromatic heterocycles. The molecule has 3 aromatic rings. The second kappa shape index (κ2) is 4.63. The summed E-state index contributed by atoms with van der Waals surface area (Å²) in [6.45, 7) is 1.84. The Balaban J connectivity index is 2.31. The number of halogens is 2. The van der Waals surface area contributed by atoms with Gasteiger partial charge in [-0.15, -0.1) is 0 Å². The van der Waals surface area contributed by atoms with Crippen LogP contribution in [0.5, 0.6) is 0 Å². The van der Waals surface area contributed by atoms with Crippen molar-refractivity contribution in [2.75, 3.05) is 0 Å². The second-order valence-corrected chi connectivity index (χ2v) is 4.91. The molecule has 0 atom stereocenters. The SMILES string of the molecule is Cc1cc(F)c2nc(-c3ccccc3)cc(Cl)c2c1. The molecule has 94 valence electrons. The van der Waals surface area contributed by atoms with Crippen molar-refractivity contribution in [3.05, 3.63) is 64.9 Å². The third-order valence-electron chi connectivity index (χ3n) is 3.03. The van der Waals surface area contributed by atoms with E-state index in [1.807, 2.05) is 43.3 Å². The fourth-order valence-electron chi connectivity index (χ4n) is 2.14. The van der Waals surface area contributed by atoms with Gasteiger partial charge in [-0.2, -0.15) is 0 Å². The van der Waals surface area contributed by atoms with Crippen LogP contribution in [0.2, 0.25) is 5.02 Å². The van der Waals surface area contributed by atoms with Gasteiger partial charge in [0.1, 0.15) is 11.3 Å². The average molecular weight is 272 g/mol. The van der Waals surface area contributed by atoms with Gasteiger partial charge in [0, 0.05) is 10.9 Å². The van der Waals surface area contributed by atoms with Gasteiger partial charge in [0.25, 0.3) is 0 Å². The van der Waals surface area contributed by atoms with E-state index in [1.54, 1.807) is 6.07 Å². The molecule has 0 N–H and O–H groups in total. The summed E-state index contributed by atoms with van der Waals surface area (Å²) in [5.41, 5.74) is 2.75. The minimum Gasteiger partial charge on any atom is -0.245 e. The summed E-state index contributed by atoms with van der Waals surface area (Å²) in [7, 11) is 0. The molecule has 1 heterocycles. The highest BCUT2D eigenvalue weighted by Crippen LogP contribution is 2.30. The molecule has 0 aliphatic carbocycles. The van der Waals surface area contributed by atoms with E-state index >= 15 is 0 Å². The molecule has 0 unspecified atom stereocenters. The van der Waals surface area contributed by atoms with Crippen LogP contribution in [0.3, 0.4) is 0 Å². The van der Waals surface area contributed by atoms with E-state index in [9.17, 15) is 4.39 Å². The number of hydrogen-bond donors (Lipinski definition) is 0. The average Bonchev–Trinajstić information content (AvgIpc) is 2.41. The van der Waals surface area contributed by atoms with Crippen LogP contribution < -0.4 is 0 Å². The zero-order chi connectivity index (χ0) is 13.4. The minimum atomic E-state index is -0.338. The fraction of sp³-hybridized carbons (Fsp3) is 0.0625. The summed E-state index contributed by atoms with van der Waals surface area (Å²) in [4.78, 5) is 4.39. The first-order valence-corrected chi connectivity index (χ1v) is 6.35. The van der Waals surface area contributed by atoms with Gasteiger partial charge < -0.3 is 0 Å².